The number of alkyl halides is 3. The zero-order chi connectivity index (χ0) is 22.7. The van der Waals surface area contributed by atoms with Crippen molar-refractivity contribution >= 4 is 22.9 Å². The van der Waals surface area contributed by atoms with Crippen molar-refractivity contribution in [1.29, 1.82) is 0 Å². The van der Waals surface area contributed by atoms with Gasteiger partial charge in [-0.25, -0.2) is 0 Å². The molecular weight excluding hydrogens is 443 g/mol. The highest BCUT2D eigenvalue weighted by atomic mass is 32.1. The van der Waals surface area contributed by atoms with Crippen molar-refractivity contribution in [3.63, 3.8) is 0 Å². The van der Waals surface area contributed by atoms with Crippen LogP contribution in [0, 0.1) is 0 Å². The van der Waals surface area contributed by atoms with Gasteiger partial charge >= 0.3 is 6.18 Å². The summed E-state index contributed by atoms with van der Waals surface area (Å²) in [5, 5.41) is 15.4. The number of hydrogen-bond donors (Lipinski definition) is 2. The summed E-state index contributed by atoms with van der Waals surface area (Å²) in [6.45, 7) is 3.24. The van der Waals surface area contributed by atoms with Gasteiger partial charge in [-0.3, -0.25) is 9.69 Å². The molecular formula is C22H26F3N3O3S. The summed E-state index contributed by atoms with van der Waals surface area (Å²) in [7, 11) is 0. The highest BCUT2D eigenvalue weighted by Crippen LogP contribution is 2.32. The summed E-state index contributed by atoms with van der Waals surface area (Å²) >= 11 is 1.51. The summed E-state index contributed by atoms with van der Waals surface area (Å²) in [4.78, 5) is 17.2. The first kappa shape index (κ1) is 23.0. The van der Waals surface area contributed by atoms with E-state index >= 15 is 0 Å². The maximum Gasteiger partial charge on any atom is 0.416 e. The number of aliphatic hydroxyl groups excluding tert-OH is 1. The maximum absolute atomic E-state index is 13.0. The number of carbonyl (C=O) groups is 1. The molecule has 0 saturated carbocycles. The highest BCUT2D eigenvalue weighted by Gasteiger charge is 2.38. The fourth-order valence-corrected chi connectivity index (χ4v) is 4.83. The molecule has 1 aromatic heterocycles. The van der Waals surface area contributed by atoms with E-state index in [0.717, 1.165) is 10.9 Å². The van der Waals surface area contributed by atoms with Crippen LogP contribution in [0.4, 0.5) is 18.9 Å². The van der Waals surface area contributed by atoms with Gasteiger partial charge in [0.05, 0.1) is 30.7 Å². The van der Waals surface area contributed by atoms with E-state index in [4.69, 9.17) is 4.74 Å². The lowest BCUT2D eigenvalue weighted by Crippen LogP contribution is -2.51. The molecule has 10 heteroatoms. The van der Waals surface area contributed by atoms with Crippen molar-refractivity contribution in [2.75, 3.05) is 44.2 Å². The maximum atomic E-state index is 13.0. The molecule has 32 heavy (non-hydrogen) atoms. The number of halogens is 3. The number of thiophene rings is 1. The summed E-state index contributed by atoms with van der Waals surface area (Å²) in [6, 6.07) is 8.73. The first-order chi connectivity index (χ1) is 15.3. The number of carbonyl (C=O) groups excluding carboxylic acids is 1. The summed E-state index contributed by atoms with van der Waals surface area (Å²) in [6.07, 6.45) is -5.29. The Hall–Kier alpha value is -2.14. The van der Waals surface area contributed by atoms with Crippen LogP contribution in [0.5, 0.6) is 0 Å². The molecule has 0 bridgehead atoms. The largest absolute Gasteiger partial charge is 0.416 e. The van der Waals surface area contributed by atoms with Crippen molar-refractivity contribution in [3.05, 3.63) is 52.2 Å². The molecule has 0 radical (unpaired) electrons. The minimum Gasteiger partial charge on any atom is -0.388 e. The fraction of sp³-hybridized carbons (Fsp3) is 0.500. The van der Waals surface area contributed by atoms with Crippen LogP contribution in [-0.4, -0.2) is 73.5 Å². The molecule has 2 aromatic rings. The second-order valence-corrected chi connectivity index (χ2v) is 9.16. The zero-order valence-electron chi connectivity index (χ0n) is 17.4. The quantitative estimate of drug-likeness (QED) is 0.680. The number of anilines is 1. The SMILES string of the molecule is O=C(Cc1cccs1)NC1COC(CN2CCN(c3cccc(C(F)(F)F)c3)CC2)C1O. The van der Waals surface area contributed by atoms with Crippen molar-refractivity contribution in [1.82, 2.24) is 10.2 Å². The lowest BCUT2D eigenvalue weighted by atomic mass is 10.1. The van der Waals surface area contributed by atoms with Crippen LogP contribution in [0.15, 0.2) is 41.8 Å². The molecule has 2 fully saturated rings. The third kappa shape index (κ3) is 5.61. The number of nitrogens with one attached hydrogen (secondary N) is 1. The molecule has 0 spiro atoms. The second-order valence-electron chi connectivity index (χ2n) is 8.13. The molecule has 2 N–H and O–H groups in total. The molecule has 1 aromatic carbocycles. The number of piperazine rings is 1. The van der Waals surface area contributed by atoms with E-state index in [-0.39, 0.29) is 18.9 Å². The highest BCUT2D eigenvalue weighted by molar-refractivity contribution is 7.10. The van der Waals surface area contributed by atoms with Gasteiger partial charge in [0.15, 0.2) is 0 Å². The van der Waals surface area contributed by atoms with Crippen molar-refractivity contribution in [3.8, 4) is 0 Å². The number of rotatable bonds is 6. The number of ether oxygens (including phenoxy) is 1. The van der Waals surface area contributed by atoms with Gasteiger partial charge in [-0.05, 0) is 29.6 Å². The Morgan fingerprint density at radius 3 is 2.66 bits per heavy atom. The fourth-order valence-electron chi connectivity index (χ4n) is 4.12. The van der Waals surface area contributed by atoms with Gasteiger partial charge < -0.3 is 20.1 Å². The van der Waals surface area contributed by atoms with E-state index in [1.165, 1.54) is 23.5 Å². The minimum atomic E-state index is -4.36. The van der Waals surface area contributed by atoms with Gasteiger partial charge in [0, 0.05) is 43.3 Å². The summed E-state index contributed by atoms with van der Waals surface area (Å²) < 4.78 is 44.7. The standard InChI is InChI=1S/C22H26F3N3O3S/c23-22(24,25)15-3-1-4-16(11-15)28-8-6-27(7-9-28)13-19-21(30)18(14-31-19)26-20(29)12-17-5-2-10-32-17/h1-5,10-11,18-19,21,30H,6-9,12-14H2,(H,26,29). The molecule has 0 aliphatic carbocycles. The molecule has 4 rings (SSSR count). The molecule has 3 atom stereocenters. The van der Waals surface area contributed by atoms with Gasteiger partial charge in [0.25, 0.3) is 0 Å². The van der Waals surface area contributed by atoms with Crippen molar-refractivity contribution < 1.29 is 27.8 Å². The van der Waals surface area contributed by atoms with E-state index in [1.54, 1.807) is 6.07 Å². The second kappa shape index (κ2) is 9.78. The summed E-state index contributed by atoms with van der Waals surface area (Å²) in [5.74, 6) is -0.143. The molecule has 2 aliphatic heterocycles. The molecule has 3 unspecified atom stereocenters. The first-order valence-corrected chi connectivity index (χ1v) is 11.4. The lowest BCUT2D eigenvalue weighted by molar-refractivity contribution is -0.137. The third-order valence-corrected chi connectivity index (χ3v) is 6.77. The van der Waals surface area contributed by atoms with Gasteiger partial charge in [-0.1, -0.05) is 12.1 Å². The average molecular weight is 470 g/mol. The Balaban J connectivity index is 1.24. The Bertz CT molecular complexity index is 901. The smallest absolute Gasteiger partial charge is 0.388 e. The zero-order valence-corrected chi connectivity index (χ0v) is 18.2. The van der Waals surface area contributed by atoms with Crippen LogP contribution in [0.1, 0.15) is 10.4 Å². The molecule has 174 valence electrons. The van der Waals surface area contributed by atoms with Gasteiger partial charge in [-0.2, -0.15) is 13.2 Å². The predicted molar refractivity (Wildman–Crippen MR) is 116 cm³/mol. The van der Waals surface area contributed by atoms with Crippen LogP contribution in [-0.2, 0) is 22.1 Å². The van der Waals surface area contributed by atoms with Crippen molar-refractivity contribution in [2.24, 2.45) is 0 Å². The Morgan fingerprint density at radius 2 is 1.97 bits per heavy atom. The lowest BCUT2D eigenvalue weighted by Gasteiger charge is -2.37. The van der Waals surface area contributed by atoms with Crippen molar-refractivity contribution in [2.45, 2.75) is 30.8 Å². The van der Waals surface area contributed by atoms with Crippen LogP contribution < -0.4 is 10.2 Å². The minimum absolute atomic E-state index is 0.143. The Morgan fingerprint density at radius 1 is 1.19 bits per heavy atom. The van der Waals surface area contributed by atoms with Crippen LogP contribution >= 0.6 is 11.3 Å². The van der Waals surface area contributed by atoms with Crippen LogP contribution in [0.2, 0.25) is 0 Å². The molecule has 1 amide bonds. The van der Waals surface area contributed by atoms with Gasteiger partial charge in [-0.15, -0.1) is 11.3 Å². The molecule has 2 aliphatic rings. The van der Waals surface area contributed by atoms with E-state index in [1.807, 2.05) is 22.4 Å². The van der Waals surface area contributed by atoms with E-state index in [0.29, 0.717) is 38.4 Å². The first-order valence-electron chi connectivity index (χ1n) is 10.6. The normalized spacial score (nSPS) is 24.6. The Kier molecular flexibility index (Phi) is 7.04. The molecule has 2 saturated heterocycles. The number of nitrogens with zero attached hydrogens (tertiary/aromatic N) is 2. The third-order valence-electron chi connectivity index (χ3n) is 5.89. The van der Waals surface area contributed by atoms with E-state index < -0.39 is 30.0 Å². The molecule has 3 heterocycles. The number of benzene rings is 1. The average Bonchev–Trinajstić information content (AvgIpc) is 3.39. The number of amides is 1. The van der Waals surface area contributed by atoms with E-state index in [2.05, 4.69) is 10.2 Å². The van der Waals surface area contributed by atoms with Crippen LogP contribution in [0.3, 0.4) is 0 Å². The summed E-state index contributed by atoms with van der Waals surface area (Å²) in [5.41, 5.74) is -0.0859. The van der Waals surface area contributed by atoms with E-state index in [9.17, 15) is 23.1 Å². The predicted octanol–water partition coefficient (Wildman–Crippen LogP) is 2.38. The van der Waals surface area contributed by atoms with Crippen LogP contribution in [0.25, 0.3) is 0 Å². The van der Waals surface area contributed by atoms with Gasteiger partial charge in [0.1, 0.15) is 6.10 Å². The van der Waals surface area contributed by atoms with Gasteiger partial charge in [0.2, 0.25) is 5.91 Å². The number of aliphatic hydroxyl groups is 1. The Labute approximate surface area is 188 Å². The number of hydrogen-bond acceptors (Lipinski definition) is 6. The topological polar surface area (TPSA) is 65.0 Å². The monoisotopic (exact) mass is 469 g/mol. The molecule has 6 nitrogen and oxygen atoms in total.